The number of piperazine rings is 1. The summed E-state index contributed by atoms with van der Waals surface area (Å²) in [5.74, 6) is -1.82. The maximum absolute atomic E-state index is 13.5. The number of nitrogens with zero attached hydrogens (tertiary/aromatic N) is 1. The van der Waals surface area contributed by atoms with E-state index in [0.717, 1.165) is 18.2 Å². The molecule has 1 aliphatic rings. The Bertz CT molecular complexity index is 543. The first-order valence-electron chi connectivity index (χ1n) is 5.84. The average molecular weight is 268 g/mol. The van der Waals surface area contributed by atoms with Crippen LogP contribution in [0.3, 0.4) is 0 Å². The number of halogens is 2. The molecule has 1 N–H and O–H groups in total. The van der Waals surface area contributed by atoms with Crippen molar-refractivity contribution >= 4 is 11.8 Å². The van der Waals surface area contributed by atoms with E-state index in [-0.39, 0.29) is 30.5 Å². The van der Waals surface area contributed by atoms with Crippen molar-refractivity contribution < 1.29 is 18.4 Å². The summed E-state index contributed by atoms with van der Waals surface area (Å²) in [5.41, 5.74) is -0.974. The van der Waals surface area contributed by atoms with Gasteiger partial charge in [0, 0.05) is 12.1 Å². The van der Waals surface area contributed by atoms with Gasteiger partial charge in [0.05, 0.1) is 6.54 Å². The fraction of sp³-hybridized carbons (Fsp3) is 0.385. The summed E-state index contributed by atoms with van der Waals surface area (Å²) >= 11 is 0. The number of benzene rings is 1. The summed E-state index contributed by atoms with van der Waals surface area (Å²) in [6, 6.07) is 3.04. The third-order valence-corrected chi connectivity index (χ3v) is 2.98. The number of hydrogen-bond acceptors (Lipinski definition) is 2. The van der Waals surface area contributed by atoms with Gasteiger partial charge in [-0.05, 0) is 32.0 Å². The first-order chi connectivity index (χ1) is 8.79. The molecule has 0 atom stereocenters. The summed E-state index contributed by atoms with van der Waals surface area (Å²) in [4.78, 5) is 24.8. The predicted octanol–water partition coefficient (Wildman–Crippen LogP) is 1.20. The van der Waals surface area contributed by atoms with E-state index in [4.69, 9.17) is 0 Å². The lowest BCUT2D eigenvalue weighted by Gasteiger charge is -2.37. The Balaban J connectivity index is 2.24. The zero-order valence-electron chi connectivity index (χ0n) is 10.7. The smallest absolute Gasteiger partial charge is 0.248 e. The minimum atomic E-state index is -1.03. The van der Waals surface area contributed by atoms with Crippen LogP contribution in [0.4, 0.5) is 8.78 Å². The number of hydrogen-bond donors (Lipinski definition) is 1. The van der Waals surface area contributed by atoms with Gasteiger partial charge in [0.25, 0.3) is 0 Å². The van der Waals surface area contributed by atoms with Crippen LogP contribution >= 0.6 is 0 Å². The molecule has 2 amide bonds. The minimum absolute atomic E-state index is 0.0545. The lowest BCUT2D eigenvalue weighted by atomic mass is 10.00. The van der Waals surface area contributed by atoms with Crippen LogP contribution in [0.5, 0.6) is 0 Å². The fourth-order valence-electron chi connectivity index (χ4n) is 2.08. The van der Waals surface area contributed by atoms with Gasteiger partial charge in [0.15, 0.2) is 0 Å². The van der Waals surface area contributed by atoms with Gasteiger partial charge >= 0.3 is 0 Å². The lowest BCUT2D eigenvalue weighted by Crippen LogP contribution is -2.63. The topological polar surface area (TPSA) is 49.4 Å². The van der Waals surface area contributed by atoms with Gasteiger partial charge in [-0.15, -0.1) is 0 Å². The first-order valence-corrected chi connectivity index (χ1v) is 5.84. The van der Waals surface area contributed by atoms with E-state index in [1.54, 1.807) is 13.8 Å². The highest BCUT2D eigenvalue weighted by Gasteiger charge is 2.39. The first kappa shape index (κ1) is 13.5. The largest absolute Gasteiger partial charge is 0.341 e. The van der Waals surface area contributed by atoms with Crippen molar-refractivity contribution in [2.75, 3.05) is 6.54 Å². The molecule has 6 heteroatoms. The van der Waals surface area contributed by atoms with E-state index < -0.39 is 17.2 Å². The van der Waals surface area contributed by atoms with Crippen LogP contribution < -0.4 is 5.32 Å². The molecule has 1 aromatic rings. The van der Waals surface area contributed by atoms with E-state index in [1.807, 2.05) is 0 Å². The Morgan fingerprint density at radius 3 is 2.68 bits per heavy atom. The highest BCUT2D eigenvalue weighted by Crippen LogP contribution is 2.18. The Hall–Kier alpha value is -1.98. The third-order valence-electron chi connectivity index (χ3n) is 2.98. The summed E-state index contributed by atoms with van der Waals surface area (Å²) in [5, 5.41) is 2.55. The molecule has 0 aromatic heterocycles. The maximum atomic E-state index is 13.5. The van der Waals surface area contributed by atoms with Crippen LogP contribution in [-0.4, -0.2) is 28.8 Å². The molecule has 0 radical (unpaired) electrons. The summed E-state index contributed by atoms with van der Waals surface area (Å²) in [6.45, 7) is 2.86. The molecule has 1 fully saturated rings. The van der Waals surface area contributed by atoms with Gasteiger partial charge in [-0.3, -0.25) is 9.59 Å². The molecular formula is C13H14F2N2O2. The second kappa shape index (κ2) is 4.60. The van der Waals surface area contributed by atoms with Gasteiger partial charge in [-0.2, -0.15) is 0 Å². The van der Waals surface area contributed by atoms with Crippen molar-refractivity contribution in [3.05, 3.63) is 35.4 Å². The van der Waals surface area contributed by atoms with Crippen molar-refractivity contribution in [1.29, 1.82) is 0 Å². The summed E-state index contributed by atoms with van der Waals surface area (Å²) < 4.78 is 26.6. The maximum Gasteiger partial charge on any atom is 0.248 e. The van der Waals surface area contributed by atoms with Crippen molar-refractivity contribution in [2.24, 2.45) is 0 Å². The van der Waals surface area contributed by atoms with Crippen LogP contribution in [0.15, 0.2) is 18.2 Å². The van der Waals surface area contributed by atoms with E-state index >= 15 is 0 Å². The van der Waals surface area contributed by atoms with Crippen molar-refractivity contribution in [3.8, 4) is 0 Å². The van der Waals surface area contributed by atoms with E-state index in [1.165, 1.54) is 4.90 Å². The number of carbonyl (C=O) groups is 2. The number of amides is 2. The van der Waals surface area contributed by atoms with Gasteiger partial charge < -0.3 is 10.2 Å². The molecule has 0 bridgehead atoms. The summed E-state index contributed by atoms with van der Waals surface area (Å²) in [7, 11) is 0. The molecule has 102 valence electrons. The van der Waals surface area contributed by atoms with Gasteiger partial charge in [0.1, 0.15) is 17.2 Å². The van der Waals surface area contributed by atoms with Crippen LogP contribution in [0.25, 0.3) is 0 Å². The number of nitrogens with one attached hydrogen (secondary N) is 1. The quantitative estimate of drug-likeness (QED) is 0.876. The summed E-state index contributed by atoms with van der Waals surface area (Å²) in [6.07, 6.45) is 0. The molecule has 0 saturated carbocycles. The number of rotatable bonds is 2. The average Bonchev–Trinajstić information content (AvgIpc) is 2.29. The Kier molecular flexibility index (Phi) is 3.26. The molecule has 1 aliphatic heterocycles. The SMILES string of the molecule is CC1(C)NC(=O)CN(Cc2cc(F)ccc2F)C1=O. The molecule has 1 aromatic carbocycles. The second-order valence-corrected chi connectivity index (χ2v) is 5.07. The zero-order valence-corrected chi connectivity index (χ0v) is 10.7. The second-order valence-electron chi connectivity index (χ2n) is 5.07. The van der Waals surface area contributed by atoms with Crippen LogP contribution in [-0.2, 0) is 16.1 Å². The van der Waals surface area contributed by atoms with Crippen molar-refractivity contribution in [2.45, 2.75) is 25.9 Å². The minimum Gasteiger partial charge on any atom is -0.341 e. The predicted molar refractivity (Wildman–Crippen MR) is 64.0 cm³/mol. The van der Waals surface area contributed by atoms with Gasteiger partial charge in [-0.1, -0.05) is 0 Å². The Morgan fingerprint density at radius 2 is 2.00 bits per heavy atom. The highest BCUT2D eigenvalue weighted by atomic mass is 19.1. The van der Waals surface area contributed by atoms with E-state index in [0.29, 0.717) is 0 Å². The lowest BCUT2D eigenvalue weighted by molar-refractivity contribution is -0.149. The van der Waals surface area contributed by atoms with Gasteiger partial charge in [-0.25, -0.2) is 8.78 Å². The molecule has 0 aliphatic carbocycles. The van der Waals surface area contributed by atoms with Crippen molar-refractivity contribution in [1.82, 2.24) is 10.2 Å². The molecular weight excluding hydrogens is 254 g/mol. The molecule has 1 heterocycles. The third kappa shape index (κ3) is 2.72. The van der Waals surface area contributed by atoms with E-state index in [9.17, 15) is 18.4 Å². The van der Waals surface area contributed by atoms with E-state index in [2.05, 4.69) is 5.32 Å². The molecule has 1 saturated heterocycles. The van der Waals surface area contributed by atoms with Crippen molar-refractivity contribution in [3.63, 3.8) is 0 Å². The molecule has 2 rings (SSSR count). The van der Waals surface area contributed by atoms with Gasteiger partial charge in [0.2, 0.25) is 11.8 Å². The Morgan fingerprint density at radius 1 is 1.32 bits per heavy atom. The van der Waals surface area contributed by atoms with Crippen LogP contribution in [0, 0.1) is 11.6 Å². The van der Waals surface area contributed by atoms with Crippen LogP contribution in [0.2, 0.25) is 0 Å². The Labute approximate surface area is 109 Å². The normalized spacial score (nSPS) is 18.4. The standard InChI is InChI=1S/C13H14F2N2O2/c1-13(2)12(19)17(7-11(18)16-13)6-8-5-9(14)3-4-10(8)15/h3-5H,6-7H2,1-2H3,(H,16,18). The molecule has 19 heavy (non-hydrogen) atoms. The highest BCUT2D eigenvalue weighted by molar-refractivity contribution is 5.97. The number of carbonyl (C=O) groups excluding carboxylic acids is 2. The fourth-order valence-corrected chi connectivity index (χ4v) is 2.08. The molecule has 4 nitrogen and oxygen atoms in total. The zero-order chi connectivity index (χ0) is 14.2. The molecule has 0 unspecified atom stereocenters. The molecule has 0 spiro atoms. The monoisotopic (exact) mass is 268 g/mol. The van der Waals surface area contributed by atoms with Crippen LogP contribution in [0.1, 0.15) is 19.4 Å².